The highest BCUT2D eigenvalue weighted by atomic mass is 16.3. The molecule has 0 fully saturated rings. The van der Waals surface area contributed by atoms with E-state index in [1.54, 1.807) is 24.4 Å². The van der Waals surface area contributed by atoms with E-state index in [-0.39, 0.29) is 11.7 Å². The lowest BCUT2D eigenvalue weighted by Crippen LogP contribution is -2.12. The summed E-state index contributed by atoms with van der Waals surface area (Å²) in [5, 5.41) is 13.5. The monoisotopic (exact) mass is 266 g/mol. The number of carbonyl (C=O) groups excluding carboxylic acids is 1. The molecule has 0 radical (unpaired) electrons. The molecule has 4 heteroatoms. The molecule has 3 aromatic rings. The first-order chi connectivity index (χ1) is 9.65. The van der Waals surface area contributed by atoms with E-state index in [0.29, 0.717) is 11.3 Å². The van der Waals surface area contributed by atoms with Crippen molar-refractivity contribution in [2.24, 2.45) is 0 Å². The van der Waals surface area contributed by atoms with Gasteiger partial charge in [0.25, 0.3) is 5.91 Å². The number of phenolic OH excluding ortho intramolecular Hbond substituents is 1. The number of carbonyl (C=O) groups is 1. The molecule has 1 amide bonds. The molecular weight excluding hydrogens is 252 g/mol. The second-order valence-corrected chi connectivity index (χ2v) is 4.72. The van der Waals surface area contributed by atoms with Crippen molar-refractivity contribution in [3.05, 3.63) is 59.8 Å². The second kappa shape index (κ2) is 4.74. The number of aromatic hydroxyl groups is 1. The Morgan fingerprint density at radius 2 is 2.05 bits per heavy atom. The maximum absolute atomic E-state index is 12.3. The van der Waals surface area contributed by atoms with Gasteiger partial charge in [0.05, 0.1) is 16.8 Å². The summed E-state index contributed by atoms with van der Waals surface area (Å²) < 4.78 is 0. The number of phenols is 1. The van der Waals surface area contributed by atoms with Gasteiger partial charge < -0.3 is 15.4 Å². The van der Waals surface area contributed by atoms with Crippen LogP contribution < -0.4 is 5.32 Å². The standard InChI is InChI=1S/C16H14N2O2/c1-10-5-6-13(14(19)9-10)18-16(20)12-4-2-3-11-7-8-17-15(11)12/h2-9,17,19H,1H3,(H,18,20). The lowest BCUT2D eigenvalue weighted by atomic mass is 10.1. The third-order valence-electron chi connectivity index (χ3n) is 3.23. The smallest absolute Gasteiger partial charge is 0.257 e. The van der Waals surface area contributed by atoms with Crippen LogP contribution in [-0.2, 0) is 0 Å². The number of H-pyrrole nitrogens is 1. The molecule has 0 saturated heterocycles. The van der Waals surface area contributed by atoms with Crippen molar-refractivity contribution < 1.29 is 9.90 Å². The number of anilines is 1. The fourth-order valence-corrected chi connectivity index (χ4v) is 2.21. The number of rotatable bonds is 2. The normalized spacial score (nSPS) is 10.7. The van der Waals surface area contributed by atoms with Gasteiger partial charge in [-0.1, -0.05) is 18.2 Å². The number of aromatic amines is 1. The Morgan fingerprint density at radius 3 is 2.85 bits per heavy atom. The zero-order valence-electron chi connectivity index (χ0n) is 11.0. The Bertz CT molecular complexity index is 790. The highest BCUT2D eigenvalue weighted by molar-refractivity contribution is 6.12. The molecule has 20 heavy (non-hydrogen) atoms. The first kappa shape index (κ1) is 12.3. The van der Waals surface area contributed by atoms with Crippen molar-refractivity contribution in [3.63, 3.8) is 0 Å². The van der Waals surface area contributed by atoms with Crippen molar-refractivity contribution in [3.8, 4) is 5.75 Å². The number of nitrogens with one attached hydrogen (secondary N) is 2. The summed E-state index contributed by atoms with van der Waals surface area (Å²) in [6, 6.07) is 12.6. The minimum atomic E-state index is -0.253. The molecule has 3 rings (SSSR count). The largest absolute Gasteiger partial charge is 0.506 e. The number of benzene rings is 2. The lowest BCUT2D eigenvalue weighted by Gasteiger charge is -2.08. The van der Waals surface area contributed by atoms with E-state index in [1.807, 2.05) is 31.2 Å². The molecule has 0 unspecified atom stereocenters. The molecule has 4 nitrogen and oxygen atoms in total. The minimum Gasteiger partial charge on any atom is -0.506 e. The summed E-state index contributed by atoms with van der Waals surface area (Å²) in [6.45, 7) is 1.88. The average molecular weight is 266 g/mol. The summed E-state index contributed by atoms with van der Waals surface area (Å²) in [6.07, 6.45) is 1.80. The molecule has 100 valence electrons. The predicted octanol–water partition coefficient (Wildman–Crippen LogP) is 3.43. The first-order valence-electron chi connectivity index (χ1n) is 6.32. The molecule has 0 atom stereocenters. The van der Waals surface area contributed by atoms with Crippen LogP contribution in [0, 0.1) is 6.92 Å². The van der Waals surface area contributed by atoms with Gasteiger partial charge in [-0.25, -0.2) is 0 Å². The number of para-hydroxylation sites is 1. The molecule has 0 aliphatic heterocycles. The van der Waals surface area contributed by atoms with Gasteiger partial charge in [0.15, 0.2) is 0 Å². The zero-order valence-corrected chi connectivity index (χ0v) is 11.0. The highest BCUT2D eigenvalue weighted by Gasteiger charge is 2.12. The molecule has 1 aromatic heterocycles. The van der Waals surface area contributed by atoms with Crippen molar-refractivity contribution in [2.45, 2.75) is 6.92 Å². The van der Waals surface area contributed by atoms with Crippen molar-refractivity contribution in [1.29, 1.82) is 0 Å². The molecule has 3 N–H and O–H groups in total. The summed E-state index contributed by atoms with van der Waals surface area (Å²) in [5.74, 6) is -0.186. The van der Waals surface area contributed by atoms with Gasteiger partial charge in [0.1, 0.15) is 5.75 Å². The van der Waals surface area contributed by atoms with E-state index in [2.05, 4.69) is 10.3 Å². The Morgan fingerprint density at radius 1 is 1.20 bits per heavy atom. The van der Waals surface area contributed by atoms with Gasteiger partial charge in [-0.2, -0.15) is 0 Å². The van der Waals surface area contributed by atoms with Crippen LogP contribution in [0.5, 0.6) is 5.75 Å². The fourth-order valence-electron chi connectivity index (χ4n) is 2.21. The van der Waals surface area contributed by atoms with E-state index < -0.39 is 0 Å². The second-order valence-electron chi connectivity index (χ2n) is 4.72. The Hall–Kier alpha value is -2.75. The highest BCUT2D eigenvalue weighted by Crippen LogP contribution is 2.25. The van der Waals surface area contributed by atoms with E-state index in [0.717, 1.165) is 16.5 Å². The van der Waals surface area contributed by atoms with Gasteiger partial charge in [0.2, 0.25) is 0 Å². The third-order valence-corrected chi connectivity index (χ3v) is 3.23. The van der Waals surface area contributed by atoms with E-state index in [9.17, 15) is 9.90 Å². The van der Waals surface area contributed by atoms with Crippen molar-refractivity contribution in [1.82, 2.24) is 4.98 Å². The molecular formula is C16H14N2O2. The van der Waals surface area contributed by atoms with Crippen LogP contribution in [0.1, 0.15) is 15.9 Å². The predicted molar refractivity (Wildman–Crippen MR) is 79.1 cm³/mol. The fraction of sp³-hybridized carbons (Fsp3) is 0.0625. The van der Waals surface area contributed by atoms with Crippen LogP contribution in [0.2, 0.25) is 0 Å². The van der Waals surface area contributed by atoms with Gasteiger partial charge in [-0.05, 0) is 36.8 Å². The van der Waals surface area contributed by atoms with Gasteiger partial charge in [-0.15, -0.1) is 0 Å². The van der Waals surface area contributed by atoms with Gasteiger partial charge in [-0.3, -0.25) is 4.79 Å². The number of fused-ring (bicyclic) bond motifs is 1. The number of aromatic nitrogens is 1. The van der Waals surface area contributed by atoms with Crippen LogP contribution in [0.25, 0.3) is 10.9 Å². The molecule has 0 aliphatic rings. The van der Waals surface area contributed by atoms with Crippen LogP contribution in [0.4, 0.5) is 5.69 Å². The topological polar surface area (TPSA) is 65.1 Å². The Balaban J connectivity index is 1.95. The number of amides is 1. The Labute approximate surface area is 116 Å². The van der Waals surface area contributed by atoms with Crippen LogP contribution >= 0.6 is 0 Å². The summed E-state index contributed by atoms with van der Waals surface area (Å²) in [7, 11) is 0. The quantitative estimate of drug-likeness (QED) is 0.622. The maximum Gasteiger partial charge on any atom is 0.257 e. The number of hydrogen-bond acceptors (Lipinski definition) is 2. The van der Waals surface area contributed by atoms with E-state index >= 15 is 0 Å². The molecule has 1 heterocycles. The van der Waals surface area contributed by atoms with Gasteiger partial charge in [0, 0.05) is 11.6 Å². The van der Waals surface area contributed by atoms with Crippen LogP contribution in [-0.4, -0.2) is 16.0 Å². The third kappa shape index (κ3) is 2.12. The van der Waals surface area contributed by atoms with Gasteiger partial charge >= 0.3 is 0 Å². The summed E-state index contributed by atoms with van der Waals surface area (Å²) in [5.41, 5.74) is 2.68. The summed E-state index contributed by atoms with van der Waals surface area (Å²) >= 11 is 0. The molecule has 0 aliphatic carbocycles. The Kier molecular flexibility index (Phi) is 2.91. The first-order valence-corrected chi connectivity index (χ1v) is 6.32. The molecule has 0 saturated carbocycles. The lowest BCUT2D eigenvalue weighted by molar-refractivity contribution is 0.102. The SMILES string of the molecule is Cc1ccc(NC(=O)c2cccc3cc[nH]c23)c(O)c1. The molecule has 0 spiro atoms. The molecule has 2 aromatic carbocycles. The molecule has 0 bridgehead atoms. The number of hydrogen-bond donors (Lipinski definition) is 3. The van der Waals surface area contributed by atoms with E-state index in [4.69, 9.17) is 0 Å². The number of aryl methyl sites for hydroxylation is 1. The minimum absolute atomic E-state index is 0.0667. The van der Waals surface area contributed by atoms with Crippen LogP contribution in [0.3, 0.4) is 0 Å². The van der Waals surface area contributed by atoms with Crippen molar-refractivity contribution >= 4 is 22.5 Å². The maximum atomic E-state index is 12.3. The van der Waals surface area contributed by atoms with E-state index in [1.165, 1.54) is 0 Å². The zero-order chi connectivity index (χ0) is 14.1. The summed E-state index contributed by atoms with van der Waals surface area (Å²) in [4.78, 5) is 15.4. The average Bonchev–Trinajstić information content (AvgIpc) is 2.90. The van der Waals surface area contributed by atoms with Crippen LogP contribution in [0.15, 0.2) is 48.7 Å². The van der Waals surface area contributed by atoms with Crippen molar-refractivity contribution in [2.75, 3.05) is 5.32 Å².